The molecule has 2 heteroatoms. The molecule has 0 aromatic rings. The van der Waals surface area contributed by atoms with E-state index < -0.39 is 8.96 Å². The summed E-state index contributed by atoms with van der Waals surface area (Å²) in [6, 6.07) is 0. The van der Waals surface area contributed by atoms with Gasteiger partial charge in [-0.2, -0.15) is 0 Å². The molecule has 2 aliphatic carbocycles. The summed E-state index contributed by atoms with van der Waals surface area (Å²) in [4.78, 5) is 3.75. The molecule has 0 radical (unpaired) electrons. The Hall–Kier alpha value is 0.177. The van der Waals surface area contributed by atoms with Crippen molar-refractivity contribution in [3.05, 3.63) is 0 Å². The maximum absolute atomic E-state index is 3.75. The summed E-state index contributed by atoms with van der Waals surface area (Å²) in [5, 5.41) is 0. The molecule has 2 aliphatic rings. The van der Waals surface area contributed by atoms with Crippen molar-refractivity contribution in [1.82, 2.24) is 4.98 Å². The summed E-state index contributed by atoms with van der Waals surface area (Å²) in [7, 11) is 1.64. The Morgan fingerprint density at radius 3 is 1.64 bits per heavy atom. The zero-order valence-electron chi connectivity index (χ0n) is 9.60. The molecular formula is C12H25NSi. The van der Waals surface area contributed by atoms with Crippen molar-refractivity contribution in [2.45, 2.75) is 68.9 Å². The third-order valence-corrected chi connectivity index (χ3v) is 8.43. The average molecular weight is 211 g/mol. The molecule has 0 spiro atoms. The average Bonchev–Trinajstić information content (AvgIpc) is 2.74. The topological polar surface area (TPSA) is 12.0 Å². The van der Waals surface area contributed by atoms with Crippen molar-refractivity contribution in [1.29, 1.82) is 0 Å². The van der Waals surface area contributed by atoms with Crippen LogP contribution in [0.4, 0.5) is 0 Å². The van der Waals surface area contributed by atoms with Gasteiger partial charge in [-0.1, -0.05) is 57.8 Å². The van der Waals surface area contributed by atoms with Crippen LogP contribution < -0.4 is 4.98 Å². The van der Waals surface area contributed by atoms with E-state index in [1.807, 2.05) is 0 Å². The summed E-state index contributed by atoms with van der Waals surface area (Å²) >= 11 is 0. The summed E-state index contributed by atoms with van der Waals surface area (Å²) in [6.45, 7) is 0. The molecule has 0 amide bonds. The molecule has 0 heterocycles. The largest absolute Gasteiger partial charge is 0.342 e. The molecule has 14 heavy (non-hydrogen) atoms. The summed E-state index contributed by atoms with van der Waals surface area (Å²) in [5.74, 6) is 0. The molecule has 0 aromatic heterocycles. The van der Waals surface area contributed by atoms with Gasteiger partial charge in [0.05, 0.1) is 0 Å². The number of nitrogens with one attached hydrogen (secondary N) is 1. The van der Waals surface area contributed by atoms with E-state index in [2.05, 4.69) is 12.0 Å². The van der Waals surface area contributed by atoms with E-state index in [4.69, 9.17) is 0 Å². The quantitative estimate of drug-likeness (QED) is 0.707. The van der Waals surface area contributed by atoms with Crippen molar-refractivity contribution in [2.75, 3.05) is 7.05 Å². The van der Waals surface area contributed by atoms with Gasteiger partial charge in [-0.25, -0.2) is 0 Å². The minimum Gasteiger partial charge on any atom is -0.342 e. The van der Waals surface area contributed by atoms with Gasteiger partial charge in [0.1, 0.15) is 8.96 Å². The standard InChI is InChI=1S/C12H25NSi/c1-13-14(12-9-5-6-10-12)11-7-3-2-4-8-11/h11-14H,2-10H2,1H3. The van der Waals surface area contributed by atoms with Gasteiger partial charge in [-0.3, -0.25) is 0 Å². The van der Waals surface area contributed by atoms with Gasteiger partial charge in [-0.15, -0.1) is 0 Å². The van der Waals surface area contributed by atoms with E-state index >= 15 is 0 Å². The van der Waals surface area contributed by atoms with Gasteiger partial charge in [-0.05, 0) is 18.1 Å². The van der Waals surface area contributed by atoms with Gasteiger partial charge in [0.25, 0.3) is 0 Å². The third-order valence-electron chi connectivity index (χ3n) is 4.40. The molecule has 1 N–H and O–H groups in total. The second-order valence-electron chi connectivity index (χ2n) is 5.26. The van der Waals surface area contributed by atoms with Crippen LogP contribution in [-0.2, 0) is 0 Å². The van der Waals surface area contributed by atoms with Crippen LogP contribution in [0.1, 0.15) is 57.8 Å². The molecule has 0 saturated heterocycles. The van der Waals surface area contributed by atoms with Crippen LogP contribution >= 0.6 is 0 Å². The lowest BCUT2D eigenvalue weighted by atomic mass is 10.0. The fourth-order valence-corrected chi connectivity index (χ4v) is 7.76. The van der Waals surface area contributed by atoms with Crippen LogP contribution in [0, 0.1) is 0 Å². The number of hydrogen-bond donors (Lipinski definition) is 1. The van der Waals surface area contributed by atoms with E-state index in [1.54, 1.807) is 25.7 Å². The highest BCUT2D eigenvalue weighted by molar-refractivity contribution is 6.59. The van der Waals surface area contributed by atoms with Gasteiger partial charge in [0.15, 0.2) is 0 Å². The van der Waals surface area contributed by atoms with Crippen LogP contribution in [0.3, 0.4) is 0 Å². The van der Waals surface area contributed by atoms with E-state index in [0.29, 0.717) is 0 Å². The molecule has 0 aromatic carbocycles. The summed E-state index contributed by atoms with van der Waals surface area (Å²) < 4.78 is 0. The highest BCUT2D eigenvalue weighted by Gasteiger charge is 2.32. The van der Waals surface area contributed by atoms with Crippen LogP contribution in [0.25, 0.3) is 0 Å². The van der Waals surface area contributed by atoms with Crippen LogP contribution in [0.5, 0.6) is 0 Å². The maximum Gasteiger partial charge on any atom is 0.114 e. The van der Waals surface area contributed by atoms with Gasteiger partial charge in [0, 0.05) is 0 Å². The molecule has 0 aliphatic heterocycles. The Balaban J connectivity index is 1.89. The predicted octanol–water partition coefficient (Wildman–Crippen LogP) is 3.21. The van der Waals surface area contributed by atoms with Crippen molar-refractivity contribution in [3.8, 4) is 0 Å². The van der Waals surface area contributed by atoms with Crippen LogP contribution in [-0.4, -0.2) is 16.0 Å². The highest BCUT2D eigenvalue weighted by atomic mass is 28.3. The second kappa shape index (κ2) is 5.31. The molecule has 2 fully saturated rings. The SMILES string of the molecule is CN[SiH](C1CCCCC1)C1CCCC1. The minimum absolute atomic E-state index is 0.597. The molecule has 0 bridgehead atoms. The monoisotopic (exact) mass is 211 g/mol. The summed E-state index contributed by atoms with van der Waals surface area (Å²) in [6.07, 6.45) is 13.8. The zero-order chi connectivity index (χ0) is 9.80. The van der Waals surface area contributed by atoms with E-state index in [0.717, 1.165) is 11.1 Å². The maximum atomic E-state index is 3.75. The molecule has 82 valence electrons. The number of rotatable bonds is 3. The lowest BCUT2D eigenvalue weighted by Gasteiger charge is -2.32. The first-order chi connectivity index (χ1) is 6.92. The van der Waals surface area contributed by atoms with Crippen molar-refractivity contribution >= 4 is 8.96 Å². The Morgan fingerprint density at radius 1 is 0.786 bits per heavy atom. The van der Waals surface area contributed by atoms with E-state index in [-0.39, 0.29) is 0 Å². The first-order valence-corrected chi connectivity index (χ1v) is 8.50. The predicted molar refractivity (Wildman–Crippen MR) is 65.3 cm³/mol. The third kappa shape index (κ3) is 2.40. The smallest absolute Gasteiger partial charge is 0.114 e. The number of hydrogen-bond acceptors (Lipinski definition) is 1. The highest BCUT2D eigenvalue weighted by Crippen LogP contribution is 2.40. The molecule has 2 saturated carbocycles. The van der Waals surface area contributed by atoms with Crippen molar-refractivity contribution in [2.24, 2.45) is 0 Å². The molecular weight excluding hydrogens is 186 g/mol. The van der Waals surface area contributed by atoms with E-state index in [1.165, 1.54) is 32.1 Å². The fraction of sp³-hybridized carbons (Fsp3) is 1.00. The first kappa shape index (κ1) is 10.7. The van der Waals surface area contributed by atoms with Crippen molar-refractivity contribution < 1.29 is 0 Å². The molecule has 2 rings (SSSR count). The Labute approximate surface area is 90.3 Å². The van der Waals surface area contributed by atoms with Crippen LogP contribution in [0.2, 0.25) is 11.1 Å². The summed E-state index contributed by atoms with van der Waals surface area (Å²) in [5.41, 5.74) is 2.28. The zero-order valence-corrected chi connectivity index (χ0v) is 10.8. The van der Waals surface area contributed by atoms with Crippen molar-refractivity contribution in [3.63, 3.8) is 0 Å². The van der Waals surface area contributed by atoms with Gasteiger partial charge < -0.3 is 4.98 Å². The minimum atomic E-state index is -0.597. The molecule has 1 atom stereocenters. The second-order valence-corrected chi connectivity index (χ2v) is 8.77. The fourth-order valence-electron chi connectivity index (χ4n) is 3.67. The normalized spacial score (nSPS) is 28.1. The van der Waals surface area contributed by atoms with Gasteiger partial charge in [0.2, 0.25) is 0 Å². The molecule has 1 nitrogen and oxygen atoms in total. The lowest BCUT2D eigenvalue weighted by molar-refractivity contribution is 0.487. The van der Waals surface area contributed by atoms with Gasteiger partial charge >= 0.3 is 0 Å². The molecule has 1 unspecified atom stereocenters. The first-order valence-electron chi connectivity index (χ1n) is 6.59. The van der Waals surface area contributed by atoms with E-state index in [9.17, 15) is 0 Å². The Morgan fingerprint density at radius 2 is 1.21 bits per heavy atom. The van der Waals surface area contributed by atoms with Crippen LogP contribution in [0.15, 0.2) is 0 Å². The lowest BCUT2D eigenvalue weighted by Crippen LogP contribution is -2.40. The Bertz CT molecular complexity index is 160. The Kier molecular flexibility index (Phi) is 4.06.